The van der Waals surface area contributed by atoms with Crippen LogP contribution in [0.1, 0.15) is 26.2 Å². The van der Waals surface area contributed by atoms with Crippen LogP contribution in [0.2, 0.25) is 0 Å². The average Bonchev–Trinajstić information content (AvgIpc) is 2.86. The van der Waals surface area contributed by atoms with Crippen LogP contribution in [0.4, 0.5) is 6.01 Å². The molecule has 116 valence electrons. The predicted octanol–water partition coefficient (Wildman–Crippen LogP) is 1.28. The van der Waals surface area contributed by atoms with Gasteiger partial charge in [0.15, 0.2) is 0 Å². The summed E-state index contributed by atoms with van der Waals surface area (Å²) in [6.45, 7) is 8.55. The summed E-state index contributed by atoms with van der Waals surface area (Å²) in [4.78, 5) is 0. The van der Waals surface area contributed by atoms with Crippen molar-refractivity contribution < 1.29 is 13.9 Å². The molecule has 7 nitrogen and oxygen atoms in total. The Labute approximate surface area is 120 Å². The molecule has 0 saturated carbocycles. The maximum atomic E-state index is 5.49. The van der Waals surface area contributed by atoms with Crippen molar-refractivity contribution in [1.82, 2.24) is 15.5 Å². The van der Waals surface area contributed by atoms with Crippen LogP contribution >= 0.6 is 0 Å². The molecule has 1 aromatic rings. The van der Waals surface area contributed by atoms with Gasteiger partial charge in [0.25, 0.3) is 0 Å². The minimum absolute atomic E-state index is 0.456. The SMILES string of the molecule is COCCNCc1nnc(NCCCOCC(C)C)o1. The molecule has 20 heavy (non-hydrogen) atoms. The third kappa shape index (κ3) is 8.08. The first-order valence-corrected chi connectivity index (χ1v) is 7.06. The van der Waals surface area contributed by atoms with Crippen LogP contribution in [-0.4, -0.2) is 50.2 Å². The molecule has 0 fully saturated rings. The van der Waals surface area contributed by atoms with E-state index in [2.05, 4.69) is 34.7 Å². The monoisotopic (exact) mass is 286 g/mol. The first-order valence-electron chi connectivity index (χ1n) is 7.06. The summed E-state index contributed by atoms with van der Waals surface area (Å²) in [6, 6.07) is 0.456. The Morgan fingerprint density at radius 2 is 2.05 bits per heavy atom. The summed E-state index contributed by atoms with van der Waals surface area (Å²) < 4.78 is 15.8. The number of hydrogen-bond donors (Lipinski definition) is 2. The third-order valence-electron chi connectivity index (χ3n) is 2.42. The molecular weight excluding hydrogens is 260 g/mol. The highest BCUT2D eigenvalue weighted by Crippen LogP contribution is 2.05. The van der Waals surface area contributed by atoms with E-state index in [0.717, 1.165) is 32.7 Å². The molecule has 0 bridgehead atoms. The van der Waals surface area contributed by atoms with E-state index in [1.165, 1.54) is 0 Å². The van der Waals surface area contributed by atoms with E-state index in [-0.39, 0.29) is 0 Å². The van der Waals surface area contributed by atoms with Crippen molar-refractivity contribution in [2.24, 2.45) is 5.92 Å². The summed E-state index contributed by atoms with van der Waals surface area (Å²) in [5.41, 5.74) is 0. The molecule has 1 aromatic heterocycles. The van der Waals surface area contributed by atoms with Gasteiger partial charge in [-0.25, -0.2) is 0 Å². The highest BCUT2D eigenvalue weighted by Gasteiger charge is 2.04. The molecule has 1 heterocycles. The van der Waals surface area contributed by atoms with Gasteiger partial charge in [0.1, 0.15) is 0 Å². The lowest BCUT2D eigenvalue weighted by atomic mass is 10.2. The zero-order chi connectivity index (χ0) is 14.6. The smallest absolute Gasteiger partial charge is 0.315 e. The van der Waals surface area contributed by atoms with E-state index in [0.29, 0.717) is 31.0 Å². The predicted molar refractivity (Wildman–Crippen MR) is 76.6 cm³/mol. The number of nitrogens with one attached hydrogen (secondary N) is 2. The minimum atomic E-state index is 0.456. The molecule has 0 radical (unpaired) electrons. The largest absolute Gasteiger partial charge is 0.407 e. The quantitative estimate of drug-likeness (QED) is 0.560. The zero-order valence-corrected chi connectivity index (χ0v) is 12.6. The van der Waals surface area contributed by atoms with E-state index < -0.39 is 0 Å². The summed E-state index contributed by atoms with van der Waals surface area (Å²) in [5, 5.41) is 14.1. The fourth-order valence-corrected chi connectivity index (χ4v) is 1.45. The van der Waals surface area contributed by atoms with Gasteiger partial charge in [0.2, 0.25) is 5.89 Å². The fourth-order valence-electron chi connectivity index (χ4n) is 1.45. The first-order chi connectivity index (χ1) is 9.72. The van der Waals surface area contributed by atoms with Gasteiger partial charge in [-0.2, -0.15) is 0 Å². The number of anilines is 1. The van der Waals surface area contributed by atoms with Gasteiger partial charge in [0, 0.05) is 33.4 Å². The maximum absolute atomic E-state index is 5.49. The highest BCUT2D eigenvalue weighted by molar-refractivity contribution is 5.16. The van der Waals surface area contributed by atoms with Crippen LogP contribution in [0.5, 0.6) is 0 Å². The van der Waals surface area contributed by atoms with E-state index in [4.69, 9.17) is 13.9 Å². The second-order valence-electron chi connectivity index (χ2n) is 4.92. The van der Waals surface area contributed by atoms with Crippen molar-refractivity contribution in [2.45, 2.75) is 26.8 Å². The molecule has 0 atom stereocenters. The number of ether oxygens (including phenoxy) is 2. The average molecular weight is 286 g/mol. The van der Waals surface area contributed by atoms with E-state index in [9.17, 15) is 0 Å². The van der Waals surface area contributed by atoms with Crippen LogP contribution in [0, 0.1) is 5.92 Å². The Bertz CT molecular complexity index is 344. The van der Waals surface area contributed by atoms with Gasteiger partial charge in [-0.3, -0.25) is 0 Å². The lowest BCUT2D eigenvalue weighted by Crippen LogP contribution is -2.18. The molecule has 0 aromatic carbocycles. The molecule has 0 unspecified atom stereocenters. The Hall–Kier alpha value is -1.18. The first kappa shape index (κ1) is 16.9. The van der Waals surface area contributed by atoms with Gasteiger partial charge in [-0.1, -0.05) is 18.9 Å². The molecule has 0 aliphatic rings. The lowest BCUT2D eigenvalue weighted by molar-refractivity contribution is 0.109. The van der Waals surface area contributed by atoms with Crippen molar-refractivity contribution in [2.75, 3.05) is 45.3 Å². The molecule has 0 amide bonds. The molecule has 0 aliphatic carbocycles. The van der Waals surface area contributed by atoms with Gasteiger partial charge in [-0.15, -0.1) is 5.10 Å². The second-order valence-corrected chi connectivity index (χ2v) is 4.92. The fraction of sp³-hybridized carbons (Fsp3) is 0.846. The summed E-state index contributed by atoms with van der Waals surface area (Å²) in [5.74, 6) is 1.15. The standard InChI is InChI=1S/C13H26N4O3/c1-11(2)10-19-7-4-5-15-13-17-16-12(20-13)9-14-6-8-18-3/h11,14H,4-10H2,1-3H3,(H,15,17). The Morgan fingerprint density at radius 3 is 2.80 bits per heavy atom. The van der Waals surface area contributed by atoms with Gasteiger partial charge in [0.05, 0.1) is 13.2 Å². The number of nitrogens with zero attached hydrogens (tertiary/aromatic N) is 2. The van der Waals surface area contributed by atoms with Gasteiger partial charge < -0.3 is 24.5 Å². The van der Waals surface area contributed by atoms with Crippen LogP contribution in [0.15, 0.2) is 4.42 Å². The maximum Gasteiger partial charge on any atom is 0.315 e. The summed E-state index contributed by atoms with van der Waals surface area (Å²) in [7, 11) is 1.67. The van der Waals surface area contributed by atoms with Gasteiger partial charge >= 0.3 is 6.01 Å². The Morgan fingerprint density at radius 1 is 1.20 bits per heavy atom. The summed E-state index contributed by atoms with van der Waals surface area (Å²) in [6.07, 6.45) is 0.913. The van der Waals surface area contributed by atoms with Crippen LogP contribution in [0.3, 0.4) is 0 Å². The lowest BCUT2D eigenvalue weighted by Gasteiger charge is -2.06. The second kappa shape index (κ2) is 10.6. The van der Waals surface area contributed by atoms with Crippen LogP contribution in [-0.2, 0) is 16.0 Å². The van der Waals surface area contributed by atoms with Crippen LogP contribution < -0.4 is 10.6 Å². The third-order valence-corrected chi connectivity index (χ3v) is 2.42. The van der Waals surface area contributed by atoms with Crippen molar-refractivity contribution in [3.05, 3.63) is 5.89 Å². The molecule has 7 heteroatoms. The molecule has 0 spiro atoms. The molecule has 1 rings (SSSR count). The van der Waals surface area contributed by atoms with Crippen LogP contribution in [0.25, 0.3) is 0 Å². The minimum Gasteiger partial charge on any atom is -0.407 e. The number of rotatable bonds is 12. The highest BCUT2D eigenvalue weighted by atomic mass is 16.5. The zero-order valence-electron chi connectivity index (χ0n) is 12.6. The van der Waals surface area contributed by atoms with E-state index in [1.54, 1.807) is 7.11 Å². The van der Waals surface area contributed by atoms with Crippen molar-refractivity contribution in [3.8, 4) is 0 Å². The molecular formula is C13H26N4O3. The molecule has 0 aliphatic heterocycles. The number of methoxy groups -OCH3 is 1. The molecule has 2 N–H and O–H groups in total. The number of hydrogen-bond acceptors (Lipinski definition) is 7. The topological polar surface area (TPSA) is 81.4 Å². The van der Waals surface area contributed by atoms with Crippen molar-refractivity contribution in [1.29, 1.82) is 0 Å². The Kier molecular flexibility index (Phi) is 8.93. The van der Waals surface area contributed by atoms with E-state index in [1.807, 2.05) is 0 Å². The van der Waals surface area contributed by atoms with Crippen molar-refractivity contribution in [3.63, 3.8) is 0 Å². The van der Waals surface area contributed by atoms with Gasteiger partial charge in [-0.05, 0) is 12.3 Å². The normalized spacial score (nSPS) is 11.2. The van der Waals surface area contributed by atoms with Crippen molar-refractivity contribution >= 4 is 6.01 Å². The number of aromatic nitrogens is 2. The summed E-state index contributed by atoms with van der Waals surface area (Å²) >= 11 is 0. The molecule has 0 saturated heterocycles. The van der Waals surface area contributed by atoms with E-state index >= 15 is 0 Å². The Balaban J connectivity index is 2.05.